The van der Waals surface area contributed by atoms with Crippen LogP contribution >= 0.6 is 11.3 Å². The highest BCUT2D eigenvalue weighted by molar-refractivity contribution is 7.91. The van der Waals surface area contributed by atoms with Crippen molar-refractivity contribution < 1.29 is 22.5 Å². The van der Waals surface area contributed by atoms with Gasteiger partial charge in [-0.1, -0.05) is 18.1 Å². The van der Waals surface area contributed by atoms with E-state index < -0.39 is 15.9 Å². The third-order valence-electron chi connectivity index (χ3n) is 5.57. The molecule has 1 aromatic carbocycles. The molecule has 1 amide bonds. The van der Waals surface area contributed by atoms with E-state index in [1.54, 1.807) is 24.6 Å². The van der Waals surface area contributed by atoms with Crippen molar-refractivity contribution in [3.05, 3.63) is 41.1 Å². The Labute approximate surface area is 196 Å². The summed E-state index contributed by atoms with van der Waals surface area (Å²) in [7, 11) is -2.20. The van der Waals surface area contributed by atoms with Crippen LogP contribution in [-0.4, -0.2) is 49.0 Å². The van der Waals surface area contributed by atoms with Gasteiger partial charge < -0.3 is 14.6 Å². The van der Waals surface area contributed by atoms with Crippen LogP contribution in [0.4, 0.5) is 5.69 Å². The van der Waals surface area contributed by atoms with E-state index in [9.17, 15) is 13.2 Å². The number of aromatic nitrogens is 2. The van der Waals surface area contributed by atoms with Crippen molar-refractivity contribution in [3.63, 3.8) is 0 Å². The maximum atomic E-state index is 13.3. The number of nitrogens with zero attached hydrogens (tertiary/aromatic N) is 3. The fraction of sp³-hybridized carbons (Fsp3) is 0.409. The van der Waals surface area contributed by atoms with Crippen LogP contribution < -0.4 is 10.1 Å². The lowest BCUT2D eigenvalue weighted by atomic mass is 9.98. The van der Waals surface area contributed by atoms with E-state index in [4.69, 9.17) is 9.26 Å². The molecule has 3 heterocycles. The van der Waals surface area contributed by atoms with Crippen LogP contribution in [0, 0.1) is 12.8 Å². The number of benzene rings is 1. The molecule has 0 unspecified atom stereocenters. The Morgan fingerprint density at radius 2 is 2.18 bits per heavy atom. The summed E-state index contributed by atoms with van der Waals surface area (Å²) in [5, 5.41) is 8.52. The molecular formula is C22H26N4O5S2. The number of thiophene rings is 1. The minimum absolute atomic E-state index is 0.123. The molecule has 11 heteroatoms. The number of hydrogen-bond acceptors (Lipinski definition) is 8. The van der Waals surface area contributed by atoms with Gasteiger partial charge in [0.2, 0.25) is 17.6 Å². The van der Waals surface area contributed by atoms with Crippen LogP contribution in [-0.2, 0) is 21.2 Å². The van der Waals surface area contributed by atoms with Gasteiger partial charge >= 0.3 is 0 Å². The van der Waals surface area contributed by atoms with Crippen LogP contribution in [0.1, 0.15) is 31.2 Å². The summed E-state index contributed by atoms with van der Waals surface area (Å²) in [6, 6.07) is 7.09. The Morgan fingerprint density at radius 3 is 2.91 bits per heavy atom. The van der Waals surface area contributed by atoms with Crippen LogP contribution in [0.15, 0.2) is 38.4 Å². The first-order valence-corrected chi connectivity index (χ1v) is 13.0. The predicted octanol–water partition coefficient (Wildman–Crippen LogP) is 3.72. The normalized spacial score (nSPS) is 17.1. The molecule has 0 saturated carbocycles. The fourth-order valence-electron chi connectivity index (χ4n) is 3.74. The molecule has 0 bridgehead atoms. The van der Waals surface area contributed by atoms with E-state index in [1.807, 2.05) is 26.0 Å². The number of methoxy groups -OCH3 is 1. The Kier molecular flexibility index (Phi) is 6.82. The standard InChI is InChI=1S/C22H26N4O5S2/c1-4-19-24-21(25-31-19)16-11-20(32-13-16)33(28,29)26-9-5-6-15(12-26)22(27)23-17-10-14(2)7-8-18(17)30-3/h7-8,10-11,13,15H,4-6,9,12H2,1-3H3,(H,23,27)/t15-/m0/s1. The van der Waals surface area contributed by atoms with Crippen molar-refractivity contribution in [2.24, 2.45) is 5.92 Å². The second-order valence-electron chi connectivity index (χ2n) is 7.91. The molecule has 176 valence electrons. The van der Waals surface area contributed by atoms with Gasteiger partial charge in [0.05, 0.1) is 18.7 Å². The van der Waals surface area contributed by atoms with E-state index in [0.717, 1.165) is 16.9 Å². The number of aryl methyl sites for hydroxylation is 2. The van der Waals surface area contributed by atoms with Crippen molar-refractivity contribution in [2.45, 2.75) is 37.3 Å². The minimum Gasteiger partial charge on any atom is -0.495 e. The molecule has 1 fully saturated rings. The smallest absolute Gasteiger partial charge is 0.252 e. The summed E-state index contributed by atoms with van der Waals surface area (Å²) in [6.07, 6.45) is 1.82. The van der Waals surface area contributed by atoms with Gasteiger partial charge in [-0.15, -0.1) is 11.3 Å². The van der Waals surface area contributed by atoms with E-state index in [1.165, 1.54) is 4.31 Å². The summed E-state index contributed by atoms with van der Waals surface area (Å²) < 4.78 is 38.6. The SMILES string of the molecule is CCc1nc(-c2csc(S(=O)(=O)N3CCC[C@H](C(=O)Nc4cc(C)ccc4OC)C3)c2)no1. The average molecular weight is 491 g/mol. The van der Waals surface area contributed by atoms with E-state index >= 15 is 0 Å². The number of sulfonamides is 1. The van der Waals surface area contributed by atoms with Crippen LogP contribution in [0.5, 0.6) is 5.75 Å². The largest absolute Gasteiger partial charge is 0.495 e. The monoisotopic (exact) mass is 490 g/mol. The molecule has 2 aromatic heterocycles. The molecule has 3 aromatic rings. The zero-order valence-corrected chi connectivity index (χ0v) is 20.3. The lowest BCUT2D eigenvalue weighted by Gasteiger charge is -2.31. The maximum Gasteiger partial charge on any atom is 0.252 e. The fourth-order valence-corrected chi connectivity index (χ4v) is 6.58. The summed E-state index contributed by atoms with van der Waals surface area (Å²) in [4.78, 5) is 17.2. The second kappa shape index (κ2) is 9.62. The summed E-state index contributed by atoms with van der Waals surface area (Å²) in [5.41, 5.74) is 2.16. The molecule has 1 saturated heterocycles. The summed E-state index contributed by atoms with van der Waals surface area (Å²) in [5.74, 6) is 0.753. The molecule has 1 N–H and O–H groups in total. The third kappa shape index (κ3) is 4.94. The topological polar surface area (TPSA) is 115 Å². The number of carbonyl (C=O) groups is 1. The van der Waals surface area contributed by atoms with Crippen molar-refractivity contribution >= 4 is 33.0 Å². The Balaban J connectivity index is 1.48. The molecule has 1 aliphatic heterocycles. The number of anilines is 1. The Morgan fingerprint density at radius 1 is 1.36 bits per heavy atom. The molecule has 1 atom stereocenters. The number of carbonyl (C=O) groups excluding carboxylic acids is 1. The van der Waals surface area contributed by atoms with Crippen LogP contribution in [0.25, 0.3) is 11.4 Å². The van der Waals surface area contributed by atoms with Gasteiger partial charge in [0, 0.05) is 30.5 Å². The number of ether oxygens (including phenoxy) is 1. The zero-order valence-electron chi connectivity index (χ0n) is 18.7. The highest BCUT2D eigenvalue weighted by atomic mass is 32.2. The van der Waals surface area contributed by atoms with Crippen molar-refractivity contribution in [1.29, 1.82) is 0 Å². The van der Waals surface area contributed by atoms with Gasteiger partial charge in [0.1, 0.15) is 9.96 Å². The molecule has 4 rings (SSSR count). The molecule has 9 nitrogen and oxygen atoms in total. The lowest BCUT2D eigenvalue weighted by Crippen LogP contribution is -2.43. The van der Waals surface area contributed by atoms with E-state index in [0.29, 0.717) is 54.5 Å². The molecule has 33 heavy (non-hydrogen) atoms. The van der Waals surface area contributed by atoms with E-state index in [2.05, 4.69) is 15.5 Å². The number of rotatable bonds is 7. The number of hydrogen-bond donors (Lipinski definition) is 1. The van der Waals surface area contributed by atoms with Gasteiger partial charge in [-0.2, -0.15) is 9.29 Å². The van der Waals surface area contributed by atoms with Gasteiger partial charge in [-0.25, -0.2) is 8.42 Å². The Hall–Kier alpha value is -2.76. The van der Waals surface area contributed by atoms with Crippen molar-refractivity contribution in [2.75, 3.05) is 25.5 Å². The lowest BCUT2D eigenvalue weighted by molar-refractivity contribution is -0.120. The van der Waals surface area contributed by atoms with Crippen LogP contribution in [0.3, 0.4) is 0 Å². The van der Waals surface area contributed by atoms with Gasteiger partial charge in [0.25, 0.3) is 10.0 Å². The predicted molar refractivity (Wildman–Crippen MR) is 125 cm³/mol. The first-order chi connectivity index (χ1) is 15.8. The first-order valence-electron chi connectivity index (χ1n) is 10.7. The quantitative estimate of drug-likeness (QED) is 0.537. The first kappa shape index (κ1) is 23.4. The van der Waals surface area contributed by atoms with Crippen molar-refractivity contribution in [3.8, 4) is 17.1 Å². The number of nitrogens with one attached hydrogen (secondary N) is 1. The highest BCUT2D eigenvalue weighted by Crippen LogP contribution is 2.32. The average Bonchev–Trinajstić information content (AvgIpc) is 3.49. The molecule has 0 radical (unpaired) electrons. The molecule has 0 spiro atoms. The summed E-state index contributed by atoms with van der Waals surface area (Å²) >= 11 is 1.11. The van der Waals surface area contributed by atoms with Gasteiger partial charge in [0.15, 0.2) is 0 Å². The minimum atomic E-state index is -3.75. The summed E-state index contributed by atoms with van der Waals surface area (Å²) in [6.45, 7) is 4.32. The maximum absolute atomic E-state index is 13.3. The number of amides is 1. The highest BCUT2D eigenvalue weighted by Gasteiger charge is 2.34. The van der Waals surface area contributed by atoms with Gasteiger partial charge in [-0.05, 0) is 43.5 Å². The number of piperidine rings is 1. The second-order valence-corrected chi connectivity index (χ2v) is 11.0. The van der Waals surface area contributed by atoms with Crippen molar-refractivity contribution in [1.82, 2.24) is 14.4 Å². The van der Waals surface area contributed by atoms with Crippen LogP contribution in [0.2, 0.25) is 0 Å². The molecule has 0 aliphatic carbocycles. The zero-order chi connectivity index (χ0) is 23.6. The molecule has 1 aliphatic rings. The van der Waals surface area contributed by atoms with E-state index in [-0.39, 0.29) is 16.7 Å². The van der Waals surface area contributed by atoms with Gasteiger partial charge in [-0.3, -0.25) is 4.79 Å². The Bertz CT molecular complexity index is 1250. The molecular weight excluding hydrogens is 464 g/mol. The third-order valence-corrected chi connectivity index (χ3v) is 8.85.